The molecule has 0 bridgehead atoms. The van der Waals surface area contributed by atoms with Gasteiger partial charge in [-0.25, -0.2) is 9.67 Å². The standard InChI is InChI=1S/C17H20F3N5O/c1-11-14(9-16(26)24-7-5-21-6-8-24)12(2)25(23-11)15-4-3-13(10-22-15)17(18,19)20/h3-4,10,21H,5-9H2,1-2H3. The average Bonchev–Trinajstić information content (AvgIpc) is 2.90. The predicted molar refractivity (Wildman–Crippen MR) is 89.0 cm³/mol. The van der Waals surface area contributed by atoms with Gasteiger partial charge in [0.05, 0.1) is 17.7 Å². The molecule has 1 saturated heterocycles. The van der Waals surface area contributed by atoms with Gasteiger partial charge in [-0.2, -0.15) is 18.3 Å². The number of alkyl halides is 3. The second-order valence-corrected chi connectivity index (χ2v) is 6.27. The summed E-state index contributed by atoms with van der Waals surface area (Å²) < 4.78 is 39.5. The first-order chi connectivity index (χ1) is 12.3. The molecule has 3 heterocycles. The van der Waals surface area contributed by atoms with Crippen LogP contribution in [0.5, 0.6) is 0 Å². The van der Waals surface area contributed by atoms with E-state index in [1.54, 1.807) is 13.8 Å². The van der Waals surface area contributed by atoms with Crippen molar-refractivity contribution in [1.29, 1.82) is 0 Å². The normalized spacial score (nSPS) is 15.3. The summed E-state index contributed by atoms with van der Waals surface area (Å²) in [6, 6.07) is 2.26. The lowest BCUT2D eigenvalue weighted by Gasteiger charge is -2.27. The van der Waals surface area contributed by atoms with E-state index in [0.717, 1.165) is 30.9 Å². The van der Waals surface area contributed by atoms with Crippen LogP contribution in [0, 0.1) is 13.8 Å². The van der Waals surface area contributed by atoms with Crippen LogP contribution in [0.25, 0.3) is 5.82 Å². The topological polar surface area (TPSA) is 63.1 Å². The lowest BCUT2D eigenvalue weighted by molar-refractivity contribution is -0.137. The van der Waals surface area contributed by atoms with Crippen LogP contribution in [-0.2, 0) is 17.4 Å². The fraction of sp³-hybridized carbons (Fsp3) is 0.471. The van der Waals surface area contributed by atoms with Crippen LogP contribution in [-0.4, -0.2) is 51.8 Å². The number of amides is 1. The summed E-state index contributed by atoms with van der Waals surface area (Å²) in [5.41, 5.74) is 1.36. The van der Waals surface area contributed by atoms with Gasteiger partial charge in [0.15, 0.2) is 5.82 Å². The smallest absolute Gasteiger partial charge is 0.340 e. The summed E-state index contributed by atoms with van der Waals surface area (Å²) in [7, 11) is 0. The minimum Gasteiger partial charge on any atom is -0.340 e. The number of pyridine rings is 1. The molecule has 0 aromatic carbocycles. The van der Waals surface area contributed by atoms with Crippen LogP contribution in [0.1, 0.15) is 22.5 Å². The molecule has 1 amide bonds. The quantitative estimate of drug-likeness (QED) is 0.900. The Morgan fingerprint density at radius 1 is 1.23 bits per heavy atom. The number of hydrogen-bond acceptors (Lipinski definition) is 4. The number of aryl methyl sites for hydroxylation is 1. The number of halogens is 3. The van der Waals surface area contributed by atoms with Crippen LogP contribution < -0.4 is 5.32 Å². The first kappa shape index (κ1) is 18.4. The molecule has 0 saturated carbocycles. The van der Waals surface area contributed by atoms with E-state index >= 15 is 0 Å². The molecule has 140 valence electrons. The van der Waals surface area contributed by atoms with Gasteiger partial charge >= 0.3 is 6.18 Å². The minimum atomic E-state index is -4.43. The highest BCUT2D eigenvalue weighted by Crippen LogP contribution is 2.29. The Labute approximate surface area is 149 Å². The van der Waals surface area contributed by atoms with Crippen LogP contribution in [0.15, 0.2) is 18.3 Å². The largest absolute Gasteiger partial charge is 0.417 e. The maximum absolute atomic E-state index is 12.7. The SMILES string of the molecule is Cc1nn(-c2ccc(C(F)(F)F)cn2)c(C)c1CC(=O)N1CCNCC1. The highest BCUT2D eigenvalue weighted by atomic mass is 19.4. The van der Waals surface area contributed by atoms with Gasteiger partial charge in [0.1, 0.15) is 0 Å². The summed E-state index contributed by atoms with van der Waals surface area (Å²) >= 11 is 0. The average molecular weight is 367 g/mol. The van der Waals surface area contributed by atoms with E-state index in [1.165, 1.54) is 10.7 Å². The summed E-state index contributed by atoms with van der Waals surface area (Å²) in [5, 5.41) is 7.56. The fourth-order valence-electron chi connectivity index (χ4n) is 3.01. The van der Waals surface area contributed by atoms with Gasteiger partial charge in [0, 0.05) is 43.6 Å². The van der Waals surface area contributed by atoms with Gasteiger partial charge in [0.25, 0.3) is 0 Å². The lowest BCUT2D eigenvalue weighted by Crippen LogP contribution is -2.47. The third-order valence-corrected chi connectivity index (χ3v) is 4.53. The van der Waals surface area contributed by atoms with Crippen molar-refractivity contribution in [2.24, 2.45) is 0 Å². The molecule has 0 aliphatic carbocycles. The summed E-state index contributed by atoms with van der Waals surface area (Å²) in [6.45, 7) is 6.47. The Hall–Kier alpha value is -2.42. The summed E-state index contributed by atoms with van der Waals surface area (Å²) in [5.74, 6) is 0.317. The van der Waals surface area contributed by atoms with Crippen molar-refractivity contribution in [2.75, 3.05) is 26.2 Å². The third kappa shape index (κ3) is 3.72. The number of nitrogens with zero attached hydrogens (tertiary/aromatic N) is 4. The van der Waals surface area contributed by atoms with E-state index in [2.05, 4.69) is 15.4 Å². The Kier molecular flexibility index (Phi) is 4.99. The monoisotopic (exact) mass is 367 g/mol. The van der Waals surface area contributed by atoms with E-state index in [0.29, 0.717) is 30.3 Å². The molecule has 2 aromatic rings. The van der Waals surface area contributed by atoms with Gasteiger partial charge in [-0.3, -0.25) is 4.79 Å². The number of nitrogens with one attached hydrogen (secondary N) is 1. The Balaban J connectivity index is 1.82. The van der Waals surface area contributed by atoms with Crippen molar-refractivity contribution in [3.63, 3.8) is 0 Å². The number of aromatic nitrogens is 3. The first-order valence-electron chi connectivity index (χ1n) is 8.34. The van der Waals surface area contributed by atoms with E-state index in [1.807, 2.05) is 4.90 Å². The molecule has 6 nitrogen and oxygen atoms in total. The maximum atomic E-state index is 12.7. The van der Waals surface area contributed by atoms with Gasteiger partial charge in [0.2, 0.25) is 5.91 Å². The predicted octanol–water partition coefficient (Wildman–Crippen LogP) is 1.88. The lowest BCUT2D eigenvalue weighted by atomic mass is 10.1. The Bertz CT molecular complexity index is 792. The van der Waals surface area contributed by atoms with E-state index in [9.17, 15) is 18.0 Å². The zero-order valence-electron chi connectivity index (χ0n) is 14.6. The molecule has 0 atom stereocenters. The number of piperazine rings is 1. The molecular formula is C17H20F3N5O. The summed E-state index contributed by atoms with van der Waals surface area (Å²) in [6.07, 6.45) is -3.42. The molecule has 0 radical (unpaired) electrons. The molecule has 3 rings (SSSR count). The van der Waals surface area contributed by atoms with Crippen molar-refractivity contribution >= 4 is 5.91 Å². The second kappa shape index (κ2) is 7.06. The van der Waals surface area contributed by atoms with Crippen LogP contribution >= 0.6 is 0 Å². The number of hydrogen-bond donors (Lipinski definition) is 1. The first-order valence-corrected chi connectivity index (χ1v) is 8.34. The highest BCUT2D eigenvalue weighted by molar-refractivity contribution is 5.79. The van der Waals surface area contributed by atoms with Crippen molar-refractivity contribution in [3.05, 3.63) is 40.8 Å². The molecule has 1 N–H and O–H groups in total. The van der Waals surface area contributed by atoms with Crippen molar-refractivity contribution in [3.8, 4) is 5.82 Å². The van der Waals surface area contributed by atoms with Crippen LogP contribution in [0.4, 0.5) is 13.2 Å². The van der Waals surface area contributed by atoms with Gasteiger partial charge < -0.3 is 10.2 Å². The zero-order valence-corrected chi connectivity index (χ0v) is 14.6. The Morgan fingerprint density at radius 2 is 1.92 bits per heavy atom. The molecule has 0 spiro atoms. The number of rotatable bonds is 3. The van der Waals surface area contributed by atoms with E-state index in [4.69, 9.17) is 0 Å². The van der Waals surface area contributed by atoms with E-state index in [-0.39, 0.29) is 12.3 Å². The Morgan fingerprint density at radius 3 is 2.50 bits per heavy atom. The minimum absolute atomic E-state index is 0.0256. The van der Waals surface area contributed by atoms with Gasteiger partial charge in [-0.05, 0) is 26.0 Å². The maximum Gasteiger partial charge on any atom is 0.417 e. The zero-order chi connectivity index (χ0) is 18.9. The fourth-order valence-corrected chi connectivity index (χ4v) is 3.01. The molecule has 9 heteroatoms. The molecule has 0 unspecified atom stereocenters. The molecule has 1 fully saturated rings. The van der Waals surface area contributed by atoms with Crippen molar-refractivity contribution < 1.29 is 18.0 Å². The highest BCUT2D eigenvalue weighted by Gasteiger charge is 2.31. The number of carbonyl (C=O) groups is 1. The molecule has 2 aromatic heterocycles. The number of carbonyl (C=O) groups excluding carboxylic acids is 1. The van der Waals surface area contributed by atoms with Crippen LogP contribution in [0.2, 0.25) is 0 Å². The summed E-state index contributed by atoms with van der Waals surface area (Å²) in [4.78, 5) is 18.2. The van der Waals surface area contributed by atoms with Gasteiger partial charge in [-0.1, -0.05) is 0 Å². The molecular weight excluding hydrogens is 347 g/mol. The van der Waals surface area contributed by atoms with Crippen LogP contribution in [0.3, 0.4) is 0 Å². The van der Waals surface area contributed by atoms with Crippen molar-refractivity contribution in [1.82, 2.24) is 25.0 Å². The van der Waals surface area contributed by atoms with Gasteiger partial charge in [-0.15, -0.1) is 0 Å². The molecule has 1 aliphatic rings. The molecule has 1 aliphatic heterocycles. The second-order valence-electron chi connectivity index (χ2n) is 6.27. The molecule has 26 heavy (non-hydrogen) atoms. The van der Waals surface area contributed by atoms with E-state index < -0.39 is 11.7 Å². The van der Waals surface area contributed by atoms with Crippen molar-refractivity contribution in [2.45, 2.75) is 26.4 Å². The third-order valence-electron chi connectivity index (χ3n) is 4.53.